The molecule has 3 aromatic carbocycles. The van der Waals surface area contributed by atoms with E-state index in [0.717, 1.165) is 4.31 Å². The fourth-order valence-corrected chi connectivity index (χ4v) is 4.50. The summed E-state index contributed by atoms with van der Waals surface area (Å²) in [6.07, 6.45) is 1.62. The van der Waals surface area contributed by atoms with Crippen molar-refractivity contribution in [3.05, 3.63) is 91.5 Å². The molecule has 1 N–H and O–H groups in total. The van der Waals surface area contributed by atoms with Crippen molar-refractivity contribution in [3.63, 3.8) is 0 Å². The molecule has 0 spiro atoms. The van der Waals surface area contributed by atoms with Gasteiger partial charge in [-0.05, 0) is 55.5 Å². The van der Waals surface area contributed by atoms with Crippen LogP contribution in [0.25, 0.3) is 0 Å². The zero-order valence-corrected chi connectivity index (χ0v) is 19.1. The maximum atomic E-state index is 13.4. The molecule has 0 heterocycles. The number of carbonyl (C=O) groups excluding carboxylic acids is 1. The van der Waals surface area contributed by atoms with Gasteiger partial charge in [0.05, 0.1) is 17.2 Å². The van der Waals surface area contributed by atoms with Crippen molar-refractivity contribution in [1.82, 2.24) is 0 Å². The molecule has 1 amide bonds. The van der Waals surface area contributed by atoms with Crippen LogP contribution in [-0.2, 0) is 14.8 Å². The van der Waals surface area contributed by atoms with Gasteiger partial charge in [0.1, 0.15) is 24.7 Å². The predicted molar refractivity (Wildman–Crippen MR) is 129 cm³/mol. The number of nitrogens with one attached hydrogen (secondary N) is 1. The van der Waals surface area contributed by atoms with Crippen molar-refractivity contribution in [3.8, 4) is 11.5 Å². The van der Waals surface area contributed by atoms with Crippen molar-refractivity contribution >= 4 is 27.3 Å². The minimum Gasteiger partial charge on any atom is -0.494 e. The third kappa shape index (κ3) is 6.36. The van der Waals surface area contributed by atoms with E-state index in [4.69, 9.17) is 9.47 Å². The van der Waals surface area contributed by atoms with E-state index in [1.807, 2.05) is 6.92 Å². The van der Waals surface area contributed by atoms with E-state index in [-0.39, 0.29) is 4.90 Å². The average Bonchev–Trinajstić information content (AvgIpc) is 2.83. The third-order valence-corrected chi connectivity index (χ3v) is 6.33. The highest BCUT2D eigenvalue weighted by molar-refractivity contribution is 7.92. The van der Waals surface area contributed by atoms with Gasteiger partial charge in [0.15, 0.2) is 0 Å². The van der Waals surface area contributed by atoms with Gasteiger partial charge in [-0.25, -0.2) is 8.42 Å². The highest BCUT2D eigenvalue weighted by Gasteiger charge is 2.27. The minimum absolute atomic E-state index is 0.0894. The number of hydrogen-bond donors (Lipinski definition) is 1. The largest absolute Gasteiger partial charge is 0.494 e. The van der Waals surface area contributed by atoms with Crippen LogP contribution in [0.1, 0.15) is 6.92 Å². The monoisotopic (exact) mass is 466 g/mol. The standard InChI is InChI=1S/C25H26N2O5S/c1-3-17-32-23-10-8-9-20(18-23)26-25(28)19-27(21-13-15-22(16-14-21)31-4-2)33(29,30)24-11-6-5-7-12-24/h3,5-16,18H,1,4,17,19H2,2H3,(H,26,28). The van der Waals surface area contributed by atoms with Crippen LogP contribution in [0, 0.1) is 0 Å². The summed E-state index contributed by atoms with van der Waals surface area (Å²) in [5, 5.41) is 2.74. The molecule has 172 valence electrons. The molecule has 33 heavy (non-hydrogen) atoms. The number of carbonyl (C=O) groups is 1. The molecule has 0 unspecified atom stereocenters. The molecule has 0 radical (unpaired) electrons. The number of hydrogen-bond acceptors (Lipinski definition) is 5. The normalized spacial score (nSPS) is 10.8. The van der Waals surface area contributed by atoms with Crippen molar-refractivity contribution in [2.24, 2.45) is 0 Å². The number of ether oxygens (including phenoxy) is 2. The lowest BCUT2D eigenvalue weighted by molar-refractivity contribution is -0.114. The fourth-order valence-electron chi connectivity index (χ4n) is 3.06. The van der Waals surface area contributed by atoms with E-state index in [1.165, 1.54) is 12.1 Å². The molecule has 0 atom stereocenters. The van der Waals surface area contributed by atoms with Gasteiger partial charge in [-0.3, -0.25) is 9.10 Å². The summed E-state index contributed by atoms with van der Waals surface area (Å²) >= 11 is 0. The molecule has 0 aliphatic rings. The Morgan fingerprint density at radius 3 is 2.36 bits per heavy atom. The van der Waals surface area contributed by atoms with Crippen molar-refractivity contribution in [2.45, 2.75) is 11.8 Å². The van der Waals surface area contributed by atoms with Gasteiger partial charge in [0, 0.05) is 11.8 Å². The van der Waals surface area contributed by atoms with Crippen LogP contribution in [0.4, 0.5) is 11.4 Å². The third-order valence-electron chi connectivity index (χ3n) is 4.54. The number of amides is 1. The van der Waals surface area contributed by atoms with Crippen LogP contribution < -0.4 is 19.1 Å². The number of nitrogens with zero attached hydrogens (tertiary/aromatic N) is 1. The molecule has 0 saturated carbocycles. The number of sulfonamides is 1. The second-order valence-electron chi connectivity index (χ2n) is 6.93. The fraction of sp³-hybridized carbons (Fsp3) is 0.160. The van der Waals surface area contributed by atoms with Gasteiger partial charge in [-0.15, -0.1) is 0 Å². The topological polar surface area (TPSA) is 84.9 Å². The van der Waals surface area contributed by atoms with Crippen LogP contribution in [0.5, 0.6) is 11.5 Å². The van der Waals surface area contributed by atoms with E-state index in [0.29, 0.717) is 36.1 Å². The predicted octanol–water partition coefficient (Wildman–Crippen LogP) is 4.48. The number of benzene rings is 3. The van der Waals surface area contributed by atoms with E-state index in [1.54, 1.807) is 72.8 Å². The summed E-state index contributed by atoms with van der Waals surface area (Å²) in [5.41, 5.74) is 0.839. The maximum Gasteiger partial charge on any atom is 0.264 e. The van der Waals surface area contributed by atoms with Gasteiger partial charge < -0.3 is 14.8 Å². The van der Waals surface area contributed by atoms with Gasteiger partial charge in [0.25, 0.3) is 10.0 Å². The highest BCUT2D eigenvalue weighted by atomic mass is 32.2. The Morgan fingerprint density at radius 1 is 0.970 bits per heavy atom. The van der Waals surface area contributed by atoms with E-state index < -0.39 is 22.5 Å². The van der Waals surface area contributed by atoms with E-state index in [9.17, 15) is 13.2 Å². The molecule has 3 aromatic rings. The molecular formula is C25H26N2O5S. The maximum absolute atomic E-state index is 13.4. The van der Waals surface area contributed by atoms with E-state index in [2.05, 4.69) is 11.9 Å². The average molecular weight is 467 g/mol. The summed E-state index contributed by atoms with van der Waals surface area (Å²) in [4.78, 5) is 13.0. The Kier molecular flexibility index (Phi) is 8.10. The Balaban J connectivity index is 1.86. The van der Waals surface area contributed by atoms with Gasteiger partial charge in [-0.2, -0.15) is 0 Å². The molecule has 0 aliphatic carbocycles. The molecule has 8 heteroatoms. The Morgan fingerprint density at radius 2 is 1.70 bits per heavy atom. The van der Waals surface area contributed by atoms with Crippen molar-refractivity contribution in [1.29, 1.82) is 0 Å². The zero-order valence-electron chi connectivity index (χ0n) is 18.3. The van der Waals surface area contributed by atoms with Gasteiger partial charge in [-0.1, -0.05) is 36.9 Å². The molecule has 0 aromatic heterocycles. The van der Waals surface area contributed by atoms with Crippen LogP contribution in [0.15, 0.2) is 96.4 Å². The summed E-state index contributed by atoms with van der Waals surface area (Å²) in [6.45, 7) is 5.88. The summed E-state index contributed by atoms with van der Waals surface area (Å²) in [5.74, 6) is 0.677. The number of rotatable bonds is 11. The first-order chi connectivity index (χ1) is 15.9. The highest BCUT2D eigenvalue weighted by Crippen LogP contribution is 2.26. The first-order valence-corrected chi connectivity index (χ1v) is 11.8. The first-order valence-electron chi connectivity index (χ1n) is 10.4. The van der Waals surface area contributed by atoms with Crippen LogP contribution in [0.3, 0.4) is 0 Å². The van der Waals surface area contributed by atoms with Crippen molar-refractivity contribution in [2.75, 3.05) is 29.4 Å². The summed E-state index contributed by atoms with van der Waals surface area (Å²) in [7, 11) is -3.99. The Labute approximate surface area is 194 Å². The molecule has 0 fully saturated rings. The summed E-state index contributed by atoms with van der Waals surface area (Å²) < 4.78 is 38.8. The molecular weight excluding hydrogens is 440 g/mol. The summed E-state index contributed by atoms with van der Waals surface area (Å²) in [6, 6.07) is 21.4. The van der Waals surface area contributed by atoms with Crippen LogP contribution in [0.2, 0.25) is 0 Å². The van der Waals surface area contributed by atoms with Gasteiger partial charge in [0.2, 0.25) is 5.91 Å². The quantitative estimate of drug-likeness (QED) is 0.421. The SMILES string of the molecule is C=CCOc1cccc(NC(=O)CN(c2ccc(OCC)cc2)S(=O)(=O)c2ccccc2)c1. The molecule has 7 nitrogen and oxygen atoms in total. The number of anilines is 2. The molecule has 0 saturated heterocycles. The lowest BCUT2D eigenvalue weighted by atomic mass is 10.3. The lowest BCUT2D eigenvalue weighted by Gasteiger charge is -2.24. The Hall–Kier alpha value is -3.78. The first kappa shape index (κ1) is 23.9. The lowest BCUT2D eigenvalue weighted by Crippen LogP contribution is -2.38. The van der Waals surface area contributed by atoms with E-state index >= 15 is 0 Å². The smallest absolute Gasteiger partial charge is 0.264 e. The van der Waals surface area contributed by atoms with Crippen molar-refractivity contribution < 1.29 is 22.7 Å². The minimum atomic E-state index is -3.99. The second-order valence-corrected chi connectivity index (χ2v) is 8.79. The van der Waals surface area contributed by atoms with Crippen LogP contribution >= 0.6 is 0 Å². The van der Waals surface area contributed by atoms with Gasteiger partial charge >= 0.3 is 0 Å². The molecule has 3 rings (SSSR count). The second kappa shape index (κ2) is 11.2. The zero-order chi connectivity index (χ0) is 23.7. The molecule has 0 bridgehead atoms. The molecule has 0 aliphatic heterocycles. The Bertz CT molecular complexity index is 1180. The van der Waals surface area contributed by atoms with Crippen LogP contribution in [-0.4, -0.2) is 34.1 Å².